The summed E-state index contributed by atoms with van der Waals surface area (Å²) in [5, 5.41) is 19.1. The number of aliphatic hydroxyl groups is 1. The summed E-state index contributed by atoms with van der Waals surface area (Å²) < 4.78 is 74.5. The number of carbonyl (C=O) groups is 1. The summed E-state index contributed by atoms with van der Waals surface area (Å²) in [6.45, 7) is 8.94. The zero-order valence-corrected chi connectivity index (χ0v) is 39.1. The molecule has 2 saturated heterocycles. The average Bonchev–Trinajstić information content (AvgIpc) is 3.77. The summed E-state index contributed by atoms with van der Waals surface area (Å²) in [5.74, 6) is 0.389. The predicted octanol–water partition coefficient (Wildman–Crippen LogP) is 2.09. The highest BCUT2D eigenvalue weighted by atomic mass is 32.2. The first-order chi connectivity index (χ1) is 31.9. The van der Waals surface area contributed by atoms with Gasteiger partial charge in [-0.2, -0.15) is 4.98 Å². The summed E-state index contributed by atoms with van der Waals surface area (Å²) in [6.07, 6.45) is 2.88. The lowest BCUT2D eigenvalue weighted by Gasteiger charge is -2.44. The van der Waals surface area contributed by atoms with Crippen molar-refractivity contribution < 1.29 is 50.9 Å². The smallest absolute Gasteiger partial charge is 0.472 e. The second kappa shape index (κ2) is 18.3. The van der Waals surface area contributed by atoms with E-state index < -0.39 is 59.3 Å². The van der Waals surface area contributed by atoms with E-state index in [4.69, 9.17) is 29.2 Å². The summed E-state index contributed by atoms with van der Waals surface area (Å²) in [7, 11) is -8.99. The van der Waals surface area contributed by atoms with Crippen LogP contribution >= 0.6 is 7.82 Å². The van der Waals surface area contributed by atoms with Crippen molar-refractivity contribution in [2.75, 3.05) is 61.0 Å². The Morgan fingerprint density at radius 1 is 1.12 bits per heavy atom. The molecule has 360 valence electrons. The van der Waals surface area contributed by atoms with Crippen LogP contribution in [0.25, 0.3) is 16.7 Å². The normalized spacial score (nSPS) is 23.8. The van der Waals surface area contributed by atoms with Crippen LogP contribution in [0.3, 0.4) is 0 Å². The first kappa shape index (κ1) is 46.8. The van der Waals surface area contributed by atoms with E-state index in [9.17, 15) is 37.1 Å². The van der Waals surface area contributed by atoms with Crippen LogP contribution in [0.15, 0.2) is 40.1 Å². The molecule has 22 nitrogen and oxygen atoms in total. The van der Waals surface area contributed by atoms with Gasteiger partial charge in [-0.3, -0.25) is 28.2 Å². The van der Waals surface area contributed by atoms with Gasteiger partial charge in [0.25, 0.3) is 5.56 Å². The van der Waals surface area contributed by atoms with Gasteiger partial charge in [-0.1, -0.05) is 18.9 Å². The number of aryl methyl sites for hydroxylation is 1. The molecule has 1 unspecified atom stereocenters. The van der Waals surface area contributed by atoms with Gasteiger partial charge in [-0.05, 0) is 64.2 Å². The SMILES string of the molecule is CC[N+]1=c2cc3c(cc2CCC1)=Nc1cc2c(cc1O3)N(CCCC(=O)NCCCCCCNc1nc3c(=O)[nH]c(N)nc3n1[C@@H]1O[C@@H]3COP(=O)(O)O[C@H]3[C@H]1O)C(C)(C)C=C2CS(=O)(=O)[O-]. The van der Waals surface area contributed by atoms with Crippen LogP contribution in [0.1, 0.15) is 83.1 Å². The number of anilines is 3. The van der Waals surface area contributed by atoms with Gasteiger partial charge in [0.05, 0.1) is 34.1 Å². The molecular formula is C43H55N10O12PS. The van der Waals surface area contributed by atoms with Crippen molar-refractivity contribution in [1.29, 1.82) is 0 Å². The maximum Gasteiger partial charge on any atom is 0.472 e. The number of H-pyrrole nitrogens is 1. The Hall–Kier alpha value is -5.26. The van der Waals surface area contributed by atoms with Crippen molar-refractivity contribution in [2.45, 2.75) is 102 Å². The van der Waals surface area contributed by atoms with E-state index in [1.165, 1.54) is 10.1 Å². The fraction of sp³-hybridized carbons (Fsp3) is 0.535. The van der Waals surface area contributed by atoms with Crippen LogP contribution in [0.5, 0.6) is 11.5 Å². The monoisotopic (exact) mass is 966 g/mol. The van der Waals surface area contributed by atoms with E-state index in [0.717, 1.165) is 50.6 Å². The number of nitrogens with one attached hydrogen (secondary N) is 3. The van der Waals surface area contributed by atoms with E-state index in [0.29, 0.717) is 71.8 Å². The van der Waals surface area contributed by atoms with Crippen molar-refractivity contribution in [3.63, 3.8) is 0 Å². The minimum Gasteiger partial charge on any atom is -0.748 e. The van der Waals surface area contributed by atoms with E-state index in [1.807, 2.05) is 32.1 Å². The molecule has 0 bridgehead atoms. The number of benzene rings is 2. The Kier molecular flexibility index (Phi) is 12.8. The number of aliphatic hydroxyl groups excluding tert-OH is 1. The molecule has 9 rings (SSSR count). The lowest BCUT2D eigenvalue weighted by Crippen LogP contribution is -2.46. The number of nitrogen functional groups attached to an aromatic ring is 1. The number of amides is 1. The molecule has 4 aromatic rings. The van der Waals surface area contributed by atoms with E-state index in [-0.39, 0.29) is 42.0 Å². The molecule has 1 amide bonds. The molecule has 0 radical (unpaired) electrons. The van der Waals surface area contributed by atoms with Crippen molar-refractivity contribution in [2.24, 2.45) is 4.99 Å². The highest BCUT2D eigenvalue weighted by molar-refractivity contribution is 7.86. The molecular weight excluding hydrogens is 912 g/mol. The molecule has 7 N–H and O–H groups in total. The zero-order chi connectivity index (χ0) is 47.4. The Morgan fingerprint density at radius 2 is 1.91 bits per heavy atom. The summed E-state index contributed by atoms with van der Waals surface area (Å²) in [6, 6.07) is 7.78. The van der Waals surface area contributed by atoms with Gasteiger partial charge >= 0.3 is 7.82 Å². The van der Waals surface area contributed by atoms with Gasteiger partial charge in [0.15, 0.2) is 28.9 Å². The van der Waals surface area contributed by atoms with E-state index in [1.54, 1.807) is 6.07 Å². The van der Waals surface area contributed by atoms with Gasteiger partial charge in [-0.15, -0.1) is 0 Å². The molecule has 24 heteroatoms. The van der Waals surface area contributed by atoms with Crippen LogP contribution in [-0.4, -0.2) is 117 Å². The number of fused-ring (bicyclic) bond motifs is 6. The second-order valence-electron chi connectivity index (χ2n) is 18.0. The fourth-order valence-corrected chi connectivity index (χ4v) is 11.3. The maximum atomic E-state index is 13.0. The third-order valence-corrected chi connectivity index (χ3v) is 14.4. The van der Waals surface area contributed by atoms with Crippen LogP contribution in [0, 0.1) is 0 Å². The molecule has 0 saturated carbocycles. The molecule has 5 aliphatic heterocycles. The molecule has 0 aliphatic carbocycles. The van der Waals surface area contributed by atoms with Gasteiger partial charge < -0.3 is 45.3 Å². The summed E-state index contributed by atoms with van der Waals surface area (Å²) in [5.41, 5.74) is 7.96. The second-order valence-corrected chi connectivity index (χ2v) is 20.8. The standard InChI is InChI=1S/C43H55N10O12PS/c1-4-51-15-9-11-24-17-27-31(19-29(24)51)63-32-20-30-26(18-28(32)47-27)25(23-67(59,60)61)21-43(2,3)52(30)16-10-12-34(54)45-13-7-5-6-8-14-46-42-48-35-38(49-41(44)50-39(35)56)53(42)40-36(55)37-33(64-40)22-62-66(57,58)65-37/h17-21,33,36-37,40,47,55H,4-16,22-23H2,1-3H3,(H5,44,45,50,54,56,57,58,59,60,61)/t33-,36-,37-,40-/m1/s1. The van der Waals surface area contributed by atoms with Gasteiger partial charge in [0.1, 0.15) is 42.4 Å². The number of ether oxygens (including phenoxy) is 2. The number of hydrogen-bond acceptors (Lipinski definition) is 17. The number of nitrogens with zero attached hydrogens (tertiary/aromatic N) is 6. The Labute approximate surface area is 385 Å². The number of nitrogens with two attached hydrogens (primary N) is 1. The van der Waals surface area contributed by atoms with Gasteiger partial charge in [0, 0.05) is 55.4 Å². The predicted molar refractivity (Wildman–Crippen MR) is 245 cm³/mol. The number of phosphoric ester groups is 1. The number of aromatic nitrogens is 4. The summed E-state index contributed by atoms with van der Waals surface area (Å²) >= 11 is 0. The molecule has 67 heavy (non-hydrogen) atoms. The van der Waals surface area contributed by atoms with Crippen LogP contribution in [0.4, 0.5) is 23.3 Å². The van der Waals surface area contributed by atoms with Gasteiger partial charge in [0.2, 0.25) is 23.2 Å². The average molecular weight is 967 g/mol. The van der Waals surface area contributed by atoms with E-state index >= 15 is 0 Å². The lowest BCUT2D eigenvalue weighted by atomic mass is 9.88. The number of aromatic amines is 1. The molecule has 2 aromatic carbocycles. The van der Waals surface area contributed by atoms with Crippen molar-refractivity contribution in [1.82, 2.24) is 29.4 Å². The highest BCUT2D eigenvalue weighted by Crippen LogP contribution is 2.53. The van der Waals surface area contributed by atoms with Crippen molar-refractivity contribution in [3.05, 3.63) is 62.5 Å². The Bertz CT molecular complexity index is 3010. The van der Waals surface area contributed by atoms with Crippen molar-refractivity contribution in [3.8, 4) is 11.5 Å². The Morgan fingerprint density at radius 3 is 2.69 bits per heavy atom. The quantitative estimate of drug-likeness (QED) is 0.0357. The largest absolute Gasteiger partial charge is 0.748 e. The molecule has 2 fully saturated rings. The lowest BCUT2D eigenvalue weighted by molar-refractivity contribution is -0.121. The van der Waals surface area contributed by atoms with Crippen LogP contribution in [0.2, 0.25) is 0 Å². The number of imidazole rings is 1. The van der Waals surface area contributed by atoms with Crippen LogP contribution < -0.4 is 46.9 Å². The molecule has 7 heterocycles. The number of hydrogen-bond donors (Lipinski definition) is 6. The minimum absolute atomic E-state index is 0.0383. The maximum absolute atomic E-state index is 13.0. The van der Waals surface area contributed by atoms with E-state index in [2.05, 4.69) is 48.1 Å². The van der Waals surface area contributed by atoms with Crippen molar-refractivity contribution >= 4 is 63.9 Å². The number of unbranched alkanes of at least 4 members (excludes halogenated alkanes) is 3. The van der Waals surface area contributed by atoms with Gasteiger partial charge in [-0.25, -0.2) is 27.5 Å². The molecule has 0 spiro atoms. The molecule has 2 aromatic heterocycles. The first-order valence-electron chi connectivity index (χ1n) is 22.6. The fourth-order valence-electron chi connectivity index (χ4n) is 9.67. The number of rotatable bonds is 16. The molecule has 5 aliphatic rings. The zero-order valence-electron chi connectivity index (χ0n) is 37.4. The minimum atomic E-state index is -4.61. The summed E-state index contributed by atoms with van der Waals surface area (Å²) in [4.78, 5) is 53.7. The third kappa shape index (κ3) is 9.73. The number of phosphoric acid groups is 1. The topological polar surface area (TPSA) is 301 Å². The molecule has 5 atom stereocenters. The third-order valence-electron chi connectivity index (χ3n) is 12.8. The number of carbonyl (C=O) groups excluding carboxylic acids is 1. The van der Waals surface area contributed by atoms with Crippen LogP contribution in [-0.2, 0) is 39.7 Å². The first-order valence-corrected chi connectivity index (χ1v) is 25.7. The highest BCUT2D eigenvalue weighted by Gasteiger charge is 2.53. The Balaban J connectivity index is 0.785.